The first-order valence-corrected chi connectivity index (χ1v) is 8.72. The number of hydrogen-bond acceptors (Lipinski definition) is 3. The molecule has 0 radical (unpaired) electrons. The van der Waals surface area contributed by atoms with Crippen LogP contribution in [0.2, 0.25) is 0 Å². The van der Waals surface area contributed by atoms with Crippen LogP contribution in [0.15, 0.2) is 30.3 Å². The number of Topliss-reactive ketones (excluding diaryl/α,β-unsaturated/α-hetero) is 1. The van der Waals surface area contributed by atoms with E-state index in [1.807, 2.05) is 23.1 Å². The first-order valence-electron chi connectivity index (χ1n) is 8.72. The van der Waals surface area contributed by atoms with Crippen LogP contribution in [0.4, 0.5) is 5.69 Å². The number of hydrogen-bond donors (Lipinski definition) is 0. The molecule has 1 atom stereocenters. The Morgan fingerprint density at radius 3 is 2.26 bits per heavy atom. The molecule has 0 aromatic heterocycles. The Morgan fingerprint density at radius 2 is 1.70 bits per heavy atom. The molecule has 0 N–H and O–H groups in total. The third kappa shape index (κ3) is 4.81. The Labute approximate surface area is 139 Å². The van der Waals surface area contributed by atoms with Crippen molar-refractivity contribution in [2.24, 2.45) is 5.92 Å². The molecule has 0 aliphatic carbocycles. The number of rotatable bonds is 7. The molecular formula is C19H28N2O2. The van der Waals surface area contributed by atoms with Gasteiger partial charge in [-0.05, 0) is 25.5 Å². The molecule has 1 fully saturated rings. The van der Waals surface area contributed by atoms with Gasteiger partial charge in [-0.25, -0.2) is 0 Å². The lowest BCUT2D eigenvalue weighted by molar-refractivity contribution is -0.141. The fourth-order valence-electron chi connectivity index (χ4n) is 3.14. The highest BCUT2D eigenvalue weighted by Gasteiger charge is 2.29. The second-order valence-electron chi connectivity index (χ2n) is 6.31. The van der Waals surface area contributed by atoms with Crippen LogP contribution >= 0.6 is 0 Å². The smallest absolute Gasteiger partial charge is 0.233 e. The van der Waals surface area contributed by atoms with E-state index in [1.54, 1.807) is 6.92 Å². The molecule has 1 aliphatic rings. The zero-order valence-corrected chi connectivity index (χ0v) is 14.3. The van der Waals surface area contributed by atoms with Crippen LogP contribution in [0, 0.1) is 5.92 Å². The van der Waals surface area contributed by atoms with Crippen molar-refractivity contribution < 1.29 is 9.59 Å². The number of nitrogens with zero attached hydrogens (tertiary/aromatic N) is 2. The fraction of sp³-hybridized carbons (Fsp3) is 0.579. The third-order valence-corrected chi connectivity index (χ3v) is 4.60. The summed E-state index contributed by atoms with van der Waals surface area (Å²) in [6, 6.07) is 10.3. The maximum atomic E-state index is 12.7. The van der Waals surface area contributed by atoms with Crippen LogP contribution in [0.3, 0.4) is 0 Å². The molecule has 0 spiro atoms. The second kappa shape index (κ2) is 8.70. The van der Waals surface area contributed by atoms with Crippen LogP contribution in [-0.4, -0.2) is 42.8 Å². The van der Waals surface area contributed by atoms with Gasteiger partial charge in [0, 0.05) is 31.9 Å². The topological polar surface area (TPSA) is 40.6 Å². The zero-order chi connectivity index (χ0) is 16.7. The average molecular weight is 316 g/mol. The van der Waals surface area contributed by atoms with Crippen molar-refractivity contribution >= 4 is 17.4 Å². The number of ketones is 1. The zero-order valence-electron chi connectivity index (χ0n) is 14.3. The fourth-order valence-corrected chi connectivity index (χ4v) is 3.14. The Balaban J connectivity index is 1.89. The third-order valence-electron chi connectivity index (χ3n) is 4.60. The van der Waals surface area contributed by atoms with Crippen molar-refractivity contribution in [1.29, 1.82) is 0 Å². The number of amides is 1. The first-order chi connectivity index (χ1) is 11.1. The summed E-state index contributed by atoms with van der Waals surface area (Å²) in [7, 11) is 0. The molecule has 1 saturated heterocycles. The highest BCUT2D eigenvalue weighted by molar-refractivity contribution is 6.00. The Hall–Kier alpha value is -1.84. The highest BCUT2D eigenvalue weighted by atomic mass is 16.2. The van der Waals surface area contributed by atoms with Gasteiger partial charge in [0.1, 0.15) is 5.78 Å². The lowest BCUT2D eigenvalue weighted by Crippen LogP contribution is -2.51. The van der Waals surface area contributed by atoms with Crippen LogP contribution in [0.1, 0.15) is 39.5 Å². The summed E-state index contributed by atoms with van der Waals surface area (Å²) in [5.41, 5.74) is 1.20. The largest absolute Gasteiger partial charge is 0.368 e. The average Bonchev–Trinajstić information content (AvgIpc) is 2.59. The summed E-state index contributed by atoms with van der Waals surface area (Å²) >= 11 is 0. The molecular weight excluding hydrogens is 288 g/mol. The summed E-state index contributed by atoms with van der Waals surface area (Å²) < 4.78 is 0. The molecule has 4 heteroatoms. The van der Waals surface area contributed by atoms with Gasteiger partial charge in [-0.3, -0.25) is 9.59 Å². The van der Waals surface area contributed by atoms with Crippen LogP contribution in [0.5, 0.6) is 0 Å². The van der Waals surface area contributed by atoms with E-state index in [1.165, 1.54) is 5.69 Å². The van der Waals surface area contributed by atoms with Crippen molar-refractivity contribution in [1.82, 2.24) is 4.90 Å². The molecule has 0 saturated carbocycles. The van der Waals surface area contributed by atoms with Gasteiger partial charge in [0.15, 0.2) is 0 Å². The monoisotopic (exact) mass is 316 g/mol. The summed E-state index contributed by atoms with van der Waals surface area (Å²) in [6.07, 6.45) is 3.84. The van der Waals surface area contributed by atoms with E-state index in [0.717, 1.165) is 32.4 Å². The number of carbonyl (C=O) groups is 2. The van der Waals surface area contributed by atoms with E-state index in [9.17, 15) is 9.59 Å². The normalized spacial score (nSPS) is 16.3. The van der Waals surface area contributed by atoms with E-state index in [2.05, 4.69) is 24.0 Å². The maximum Gasteiger partial charge on any atom is 0.233 e. The van der Waals surface area contributed by atoms with Gasteiger partial charge in [0.05, 0.1) is 5.92 Å². The van der Waals surface area contributed by atoms with Gasteiger partial charge < -0.3 is 9.80 Å². The van der Waals surface area contributed by atoms with Crippen molar-refractivity contribution in [2.45, 2.75) is 39.5 Å². The summed E-state index contributed by atoms with van der Waals surface area (Å²) in [6.45, 7) is 6.74. The molecule has 1 heterocycles. The van der Waals surface area contributed by atoms with Crippen molar-refractivity contribution in [3.63, 3.8) is 0 Å². The number of piperazine rings is 1. The van der Waals surface area contributed by atoms with Gasteiger partial charge in [0.2, 0.25) is 5.91 Å². The summed E-state index contributed by atoms with van der Waals surface area (Å²) in [5.74, 6) is -0.400. The summed E-state index contributed by atoms with van der Waals surface area (Å²) in [5, 5.41) is 0. The van der Waals surface area contributed by atoms with Crippen LogP contribution in [0.25, 0.3) is 0 Å². The van der Waals surface area contributed by atoms with E-state index in [0.29, 0.717) is 19.5 Å². The van der Waals surface area contributed by atoms with E-state index >= 15 is 0 Å². The van der Waals surface area contributed by atoms with Crippen LogP contribution in [-0.2, 0) is 9.59 Å². The van der Waals surface area contributed by atoms with Gasteiger partial charge >= 0.3 is 0 Å². The predicted octanol–water partition coefficient (Wildman–Crippen LogP) is 3.12. The maximum absolute atomic E-state index is 12.7. The molecule has 1 aromatic rings. The number of anilines is 1. The highest BCUT2D eigenvalue weighted by Crippen LogP contribution is 2.19. The number of unbranched alkanes of at least 4 members (excludes halogenated alkanes) is 2. The second-order valence-corrected chi connectivity index (χ2v) is 6.31. The lowest BCUT2D eigenvalue weighted by Gasteiger charge is -2.37. The minimum Gasteiger partial charge on any atom is -0.368 e. The van der Waals surface area contributed by atoms with E-state index < -0.39 is 5.92 Å². The Bertz CT molecular complexity index is 507. The van der Waals surface area contributed by atoms with Gasteiger partial charge in [-0.1, -0.05) is 44.4 Å². The molecule has 1 unspecified atom stereocenters. The SMILES string of the molecule is CCCCCC(C(C)=O)C(=O)N1CCN(c2ccccc2)CC1. The molecule has 23 heavy (non-hydrogen) atoms. The standard InChI is InChI=1S/C19H28N2O2/c1-3-4-6-11-18(16(2)22)19(23)21-14-12-20(13-15-21)17-9-7-5-8-10-17/h5,7-10,18H,3-4,6,11-15H2,1-2H3. The molecule has 1 aromatic carbocycles. The first kappa shape index (κ1) is 17.5. The molecule has 1 aliphatic heterocycles. The number of carbonyl (C=O) groups excluding carboxylic acids is 2. The molecule has 126 valence electrons. The van der Waals surface area contributed by atoms with Crippen LogP contribution < -0.4 is 4.90 Å². The lowest BCUT2D eigenvalue weighted by atomic mass is 9.95. The molecule has 1 amide bonds. The van der Waals surface area contributed by atoms with Gasteiger partial charge in [-0.15, -0.1) is 0 Å². The molecule has 2 rings (SSSR count). The quantitative estimate of drug-likeness (QED) is 0.573. The van der Waals surface area contributed by atoms with Gasteiger partial charge in [0.25, 0.3) is 0 Å². The van der Waals surface area contributed by atoms with Crippen molar-refractivity contribution in [3.05, 3.63) is 30.3 Å². The van der Waals surface area contributed by atoms with E-state index in [4.69, 9.17) is 0 Å². The molecule has 0 bridgehead atoms. The minimum absolute atomic E-state index is 0.0107. The summed E-state index contributed by atoms with van der Waals surface area (Å²) in [4.78, 5) is 28.7. The van der Waals surface area contributed by atoms with E-state index in [-0.39, 0.29) is 11.7 Å². The number of benzene rings is 1. The minimum atomic E-state index is -0.440. The Morgan fingerprint density at radius 1 is 1.04 bits per heavy atom. The Kier molecular flexibility index (Phi) is 6.63. The number of para-hydroxylation sites is 1. The van der Waals surface area contributed by atoms with Gasteiger partial charge in [-0.2, -0.15) is 0 Å². The molecule has 4 nitrogen and oxygen atoms in total. The van der Waals surface area contributed by atoms with Crippen molar-refractivity contribution in [3.8, 4) is 0 Å². The van der Waals surface area contributed by atoms with Crippen molar-refractivity contribution in [2.75, 3.05) is 31.1 Å². The predicted molar refractivity (Wildman–Crippen MR) is 93.5 cm³/mol.